The summed E-state index contributed by atoms with van der Waals surface area (Å²) in [6, 6.07) is 36.5. The zero-order chi connectivity index (χ0) is 39.8. The van der Waals surface area contributed by atoms with Gasteiger partial charge in [-0.2, -0.15) is 0 Å². The van der Waals surface area contributed by atoms with Crippen molar-refractivity contribution in [3.8, 4) is 17.6 Å². The average Bonchev–Trinajstić information content (AvgIpc) is 3.90. The van der Waals surface area contributed by atoms with Crippen LogP contribution in [-0.4, -0.2) is 63.7 Å². The Labute approximate surface area is 338 Å². The Morgan fingerprint density at radius 2 is 1.59 bits per heavy atom. The number of morpholine rings is 1. The van der Waals surface area contributed by atoms with E-state index in [4.69, 9.17) is 14.5 Å². The average molecular weight is 791 g/mol. The van der Waals surface area contributed by atoms with E-state index in [1.807, 2.05) is 108 Å². The molecule has 4 N–H and O–H groups in total. The van der Waals surface area contributed by atoms with E-state index in [1.165, 1.54) is 11.3 Å². The second-order valence-corrected chi connectivity index (χ2v) is 15.4. The summed E-state index contributed by atoms with van der Waals surface area (Å²) in [5, 5.41) is 25.4. The lowest BCUT2D eigenvalue weighted by atomic mass is 9.65. The number of fused-ring (bicyclic) bond motifs is 4. The number of rotatable bonds is 9. The molecule has 58 heavy (non-hydrogen) atoms. The fourth-order valence-corrected chi connectivity index (χ4v) is 9.78. The van der Waals surface area contributed by atoms with Crippen LogP contribution in [0.25, 0.3) is 10.2 Å². The van der Waals surface area contributed by atoms with Crippen molar-refractivity contribution in [1.29, 1.82) is 0 Å². The van der Waals surface area contributed by atoms with Gasteiger partial charge in [-0.3, -0.25) is 19.3 Å². The van der Waals surface area contributed by atoms with Crippen molar-refractivity contribution in [2.75, 3.05) is 30.5 Å². The molecule has 0 saturated carbocycles. The molecule has 2 saturated heterocycles. The highest BCUT2D eigenvalue weighted by Crippen LogP contribution is 2.65. The number of thiazole rings is 1. The van der Waals surface area contributed by atoms with Gasteiger partial charge in [0.15, 0.2) is 5.13 Å². The van der Waals surface area contributed by atoms with Gasteiger partial charge in [0.25, 0.3) is 0 Å². The maximum absolute atomic E-state index is 15.4. The fourth-order valence-electron chi connectivity index (χ4n) is 8.91. The summed E-state index contributed by atoms with van der Waals surface area (Å²) in [5.41, 5.74) is 2.79. The predicted molar refractivity (Wildman–Crippen MR) is 219 cm³/mol. The highest BCUT2D eigenvalue weighted by molar-refractivity contribution is 7.22. The molecule has 6 atom stereocenters. The van der Waals surface area contributed by atoms with Crippen molar-refractivity contribution in [3.63, 3.8) is 0 Å². The van der Waals surface area contributed by atoms with Gasteiger partial charge in [-0.1, -0.05) is 108 Å². The van der Waals surface area contributed by atoms with Crippen molar-refractivity contribution >= 4 is 50.2 Å². The monoisotopic (exact) mass is 790 g/mol. The third kappa shape index (κ3) is 6.29. The molecule has 1 aromatic heterocycles. The van der Waals surface area contributed by atoms with Crippen molar-refractivity contribution in [1.82, 2.24) is 9.88 Å². The molecule has 0 aliphatic carbocycles. The highest BCUT2D eigenvalue weighted by atomic mass is 32.1. The number of hydrogen-bond donors (Lipinski definition) is 4. The fraction of sp³-hybridized carbons (Fsp3) is 0.217. The molecule has 0 unspecified atom stereocenters. The van der Waals surface area contributed by atoms with Crippen LogP contribution in [0, 0.1) is 17.8 Å². The third-order valence-corrected chi connectivity index (χ3v) is 12.1. The number of ether oxygens (including phenoxy) is 2. The molecule has 6 aromatic rings. The second-order valence-electron chi connectivity index (χ2n) is 14.4. The van der Waals surface area contributed by atoms with Crippen molar-refractivity contribution < 1.29 is 34.1 Å². The number of carbonyl (C=O) groups excluding carboxylic acids is 3. The number of amides is 2. The minimum absolute atomic E-state index is 0.0888. The molecule has 11 nitrogen and oxygen atoms in total. The van der Waals surface area contributed by atoms with E-state index >= 15 is 14.4 Å². The number of aliphatic hydroxyl groups excluding tert-OH is 2. The number of anilines is 2. The number of cyclic esters (lactones) is 1. The maximum Gasteiger partial charge on any atom is 0.324 e. The first-order valence-corrected chi connectivity index (χ1v) is 19.9. The maximum atomic E-state index is 15.4. The van der Waals surface area contributed by atoms with Crippen LogP contribution in [0.15, 0.2) is 127 Å². The van der Waals surface area contributed by atoms with E-state index in [1.54, 1.807) is 24.3 Å². The zero-order valence-electron chi connectivity index (χ0n) is 31.1. The van der Waals surface area contributed by atoms with Crippen LogP contribution >= 0.6 is 11.3 Å². The van der Waals surface area contributed by atoms with E-state index < -0.39 is 53.3 Å². The van der Waals surface area contributed by atoms with Gasteiger partial charge in [0.05, 0.1) is 41.4 Å². The Morgan fingerprint density at radius 3 is 2.31 bits per heavy atom. The van der Waals surface area contributed by atoms with Gasteiger partial charge >= 0.3 is 5.97 Å². The number of aliphatic hydroxyl groups is 2. The Morgan fingerprint density at radius 1 is 0.862 bits per heavy atom. The lowest BCUT2D eigenvalue weighted by Gasteiger charge is -2.46. The van der Waals surface area contributed by atoms with Gasteiger partial charge in [0.1, 0.15) is 29.9 Å². The highest BCUT2D eigenvalue weighted by Gasteiger charge is 2.74. The van der Waals surface area contributed by atoms with Crippen molar-refractivity contribution in [2.45, 2.75) is 36.1 Å². The molecule has 4 heterocycles. The van der Waals surface area contributed by atoms with E-state index in [2.05, 4.69) is 22.5 Å². The summed E-state index contributed by atoms with van der Waals surface area (Å²) < 4.78 is 13.1. The first-order valence-electron chi connectivity index (χ1n) is 19.1. The number of para-hydroxylation sites is 1. The second kappa shape index (κ2) is 15.5. The summed E-state index contributed by atoms with van der Waals surface area (Å²) in [6.07, 6.45) is -0.564. The molecular formula is C46H38N4O7S. The van der Waals surface area contributed by atoms with Crippen LogP contribution in [-0.2, 0) is 24.5 Å². The topological polar surface area (TPSA) is 150 Å². The molecule has 3 aliphatic rings. The minimum atomic E-state index is -1.72. The molecule has 0 radical (unpaired) electrons. The third-order valence-electron chi connectivity index (χ3n) is 11.1. The number of hydrogen-bond acceptors (Lipinski definition) is 10. The van der Waals surface area contributed by atoms with Gasteiger partial charge in [0.2, 0.25) is 11.8 Å². The minimum Gasteiger partial charge on any atom is -0.491 e. The molecule has 9 rings (SSSR count). The van der Waals surface area contributed by atoms with Gasteiger partial charge in [-0.25, -0.2) is 4.98 Å². The van der Waals surface area contributed by atoms with Crippen LogP contribution in [0.5, 0.6) is 5.75 Å². The van der Waals surface area contributed by atoms with Crippen LogP contribution in [0.4, 0.5) is 10.8 Å². The first kappa shape index (κ1) is 37.2. The molecule has 1 spiro atoms. The molecular weight excluding hydrogens is 753 g/mol. The summed E-state index contributed by atoms with van der Waals surface area (Å²) in [6.45, 7) is -0.194. The van der Waals surface area contributed by atoms with Gasteiger partial charge < -0.3 is 30.3 Å². The summed E-state index contributed by atoms with van der Waals surface area (Å²) in [5.74, 6) is 3.59. The van der Waals surface area contributed by atoms with E-state index in [0.29, 0.717) is 38.8 Å². The standard InChI is InChI=1S/C46H38N4O7S/c51-24-10-9-11-28-18-23-34-33(27-28)46(44(55)47-34)37(42(53)49-45-48-35-16-7-8-17-36(35)58-45)39-43(54)57-40(30-14-5-2-6-15-30)38(29-12-3-1-4-13-29)50(39)41(46)31-19-21-32(22-20-31)56-26-25-52/h1-8,12-23,27,37-41,51-52H,10,24-26H2,(H,47,55)(H,48,49,53)/t37-,38-,39-,40+,41+,46-/m1/s1. The molecule has 2 fully saturated rings. The van der Waals surface area contributed by atoms with E-state index in [0.717, 1.165) is 15.8 Å². The molecule has 290 valence electrons. The Bertz CT molecular complexity index is 2540. The number of nitrogens with one attached hydrogen (secondary N) is 2. The van der Waals surface area contributed by atoms with Crippen molar-refractivity contribution in [2.24, 2.45) is 5.92 Å². The number of aromatic nitrogens is 1. The van der Waals surface area contributed by atoms with Gasteiger partial charge in [0, 0.05) is 17.7 Å². The smallest absolute Gasteiger partial charge is 0.324 e. The number of carbonyl (C=O) groups is 3. The summed E-state index contributed by atoms with van der Waals surface area (Å²) >= 11 is 1.30. The molecule has 2 amide bonds. The normalized spacial score (nSPS) is 23.4. The van der Waals surface area contributed by atoms with E-state index in [9.17, 15) is 10.2 Å². The Balaban J connectivity index is 1.32. The number of nitrogens with zero attached hydrogens (tertiary/aromatic N) is 2. The molecule has 12 heteroatoms. The van der Waals surface area contributed by atoms with Crippen LogP contribution in [0.3, 0.4) is 0 Å². The summed E-state index contributed by atoms with van der Waals surface area (Å²) in [7, 11) is 0. The molecule has 5 aromatic carbocycles. The van der Waals surface area contributed by atoms with Crippen molar-refractivity contribution in [3.05, 3.63) is 155 Å². The number of esters is 1. The zero-order valence-corrected chi connectivity index (χ0v) is 31.9. The summed E-state index contributed by atoms with van der Waals surface area (Å²) in [4.78, 5) is 52.5. The van der Waals surface area contributed by atoms with Crippen LogP contribution in [0.2, 0.25) is 0 Å². The lowest BCUT2D eigenvalue weighted by molar-refractivity contribution is -0.177. The van der Waals surface area contributed by atoms with E-state index in [-0.39, 0.29) is 26.2 Å². The van der Waals surface area contributed by atoms with Gasteiger partial charge in [-0.05, 0) is 64.7 Å². The SMILES string of the molecule is O=C1O[C@@H](c2ccccc2)[C@@H](c2ccccc2)N2[C@@H](c3ccc(OCCO)cc3)[C@]3(C(=O)Nc4ccc(C#CCCO)cc43)[C@@H](C(=O)Nc3nc4ccccc4s3)[C@H]12. The Hall–Kier alpha value is -6.36. The molecule has 3 aliphatic heterocycles. The first-order chi connectivity index (χ1) is 28.4. The lowest BCUT2D eigenvalue weighted by Crippen LogP contribution is -2.53. The quantitative estimate of drug-likeness (QED) is 0.0977. The molecule has 0 bridgehead atoms. The Kier molecular flexibility index (Phi) is 9.97. The van der Waals surface area contributed by atoms with Gasteiger partial charge in [-0.15, -0.1) is 0 Å². The van der Waals surface area contributed by atoms with Crippen LogP contribution in [0.1, 0.15) is 52.4 Å². The number of benzene rings is 5. The largest absolute Gasteiger partial charge is 0.491 e. The predicted octanol–water partition coefficient (Wildman–Crippen LogP) is 6.31. The van der Waals surface area contributed by atoms with Crippen LogP contribution < -0.4 is 15.4 Å².